The smallest absolute Gasteiger partial charge is 0.233 e. The van der Waals surface area contributed by atoms with Crippen molar-refractivity contribution in [1.82, 2.24) is 20.1 Å². The number of ether oxygens (including phenoxy) is 2. The first kappa shape index (κ1) is 21.6. The summed E-state index contributed by atoms with van der Waals surface area (Å²) >= 11 is 1.43. The summed E-state index contributed by atoms with van der Waals surface area (Å²) in [5.41, 5.74) is 0.958. The fourth-order valence-electron chi connectivity index (χ4n) is 3.16. The topological polar surface area (TPSA) is 78.3 Å². The third-order valence-corrected chi connectivity index (χ3v) is 6.21. The molecule has 1 aliphatic rings. The molecule has 29 heavy (non-hydrogen) atoms. The van der Waals surface area contributed by atoms with Crippen LogP contribution in [0.25, 0.3) is 11.4 Å². The zero-order chi connectivity index (χ0) is 20.8. The van der Waals surface area contributed by atoms with Gasteiger partial charge in [-0.25, -0.2) is 0 Å². The van der Waals surface area contributed by atoms with Crippen molar-refractivity contribution in [2.45, 2.75) is 69.1 Å². The molecule has 3 unspecified atom stereocenters. The molecule has 7 nitrogen and oxygen atoms in total. The lowest BCUT2D eigenvalue weighted by Gasteiger charge is -2.18. The van der Waals surface area contributed by atoms with Gasteiger partial charge in [-0.1, -0.05) is 18.7 Å². The van der Waals surface area contributed by atoms with Crippen molar-refractivity contribution in [3.63, 3.8) is 0 Å². The minimum Gasteiger partial charge on any atom is -0.497 e. The molecule has 2 aromatic rings. The van der Waals surface area contributed by atoms with Crippen LogP contribution in [0, 0.1) is 0 Å². The monoisotopic (exact) mass is 418 g/mol. The van der Waals surface area contributed by atoms with Gasteiger partial charge in [0, 0.05) is 18.2 Å². The number of nitrogens with one attached hydrogen (secondary N) is 1. The highest BCUT2D eigenvalue weighted by molar-refractivity contribution is 8.00. The zero-order valence-electron chi connectivity index (χ0n) is 17.6. The summed E-state index contributed by atoms with van der Waals surface area (Å²) < 4.78 is 13.2. The van der Waals surface area contributed by atoms with Crippen molar-refractivity contribution < 1.29 is 14.3 Å². The number of carbonyl (C=O) groups is 1. The van der Waals surface area contributed by atoms with Crippen LogP contribution in [0.3, 0.4) is 0 Å². The lowest BCUT2D eigenvalue weighted by Crippen LogP contribution is -2.37. The van der Waals surface area contributed by atoms with E-state index in [-0.39, 0.29) is 23.3 Å². The van der Waals surface area contributed by atoms with Gasteiger partial charge in [0.1, 0.15) is 5.75 Å². The number of nitrogens with zero attached hydrogens (tertiary/aromatic N) is 3. The van der Waals surface area contributed by atoms with E-state index in [1.165, 1.54) is 11.8 Å². The van der Waals surface area contributed by atoms with E-state index < -0.39 is 0 Å². The molecule has 3 atom stereocenters. The molecule has 0 bridgehead atoms. The van der Waals surface area contributed by atoms with Crippen LogP contribution < -0.4 is 10.1 Å². The van der Waals surface area contributed by atoms with Gasteiger partial charge < -0.3 is 14.8 Å². The highest BCUT2D eigenvalue weighted by Crippen LogP contribution is 2.29. The van der Waals surface area contributed by atoms with E-state index in [0.717, 1.165) is 48.2 Å². The van der Waals surface area contributed by atoms with Crippen LogP contribution in [-0.4, -0.2) is 51.8 Å². The fourth-order valence-corrected chi connectivity index (χ4v) is 4.03. The minimum absolute atomic E-state index is 0.0158. The van der Waals surface area contributed by atoms with Crippen molar-refractivity contribution in [2.75, 3.05) is 13.7 Å². The second-order valence-electron chi connectivity index (χ2n) is 7.36. The third-order valence-electron chi connectivity index (χ3n) is 5.13. The number of hydrogen-bond acceptors (Lipinski definition) is 6. The van der Waals surface area contributed by atoms with E-state index >= 15 is 0 Å². The summed E-state index contributed by atoms with van der Waals surface area (Å²) in [6.45, 7) is 7.44. The second kappa shape index (κ2) is 10.1. The summed E-state index contributed by atoms with van der Waals surface area (Å²) in [6.07, 6.45) is 3.14. The minimum atomic E-state index is -0.264. The number of aromatic nitrogens is 3. The van der Waals surface area contributed by atoms with E-state index in [4.69, 9.17) is 9.47 Å². The first-order valence-corrected chi connectivity index (χ1v) is 11.1. The molecule has 1 aromatic carbocycles. The predicted octanol–water partition coefficient (Wildman–Crippen LogP) is 3.53. The Labute approximate surface area is 176 Å². The molecule has 1 amide bonds. The maximum atomic E-state index is 12.5. The number of benzene rings is 1. The van der Waals surface area contributed by atoms with E-state index in [1.807, 2.05) is 38.1 Å². The van der Waals surface area contributed by atoms with Crippen molar-refractivity contribution in [1.29, 1.82) is 0 Å². The van der Waals surface area contributed by atoms with Gasteiger partial charge in [-0.3, -0.25) is 9.36 Å². The quantitative estimate of drug-likeness (QED) is 0.628. The highest BCUT2D eigenvalue weighted by atomic mass is 32.2. The van der Waals surface area contributed by atoms with Crippen LogP contribution >= 0.6 is 11.8 Å². The molecule has 0 spiro atoms. The second-order valence-corrected chi connectivity index (χ2v) is 8.67. The summed E-state index contributed by atoms with van der Waals surface area (Å²) in [6, 6.07) is 7.93. The molecule has 0 aliphatic carbocycles. The van der Waals surface area contributed by atoms with Crippen LogP contribution in [0.4, 0.5) is 0 Å². The molecule has 0 radical (unpaired) electrons. The normalized spacial score (nSPS) is 18.4. The first-order valence-electron chi connectivity index (χ1n) is 10.2. The highest BCUT2D eigenvalue weighted by Gasteiger charge is 2.25. The Balaban J connectivity index is 1.83. The number of carbonyl (C=O) groups excluding carboxylic acids is 1. The van der Waals surface area contributed by atoms with Gasteiger partial charge >= 0.3 is 0 Å². The Morgan fingerprint density at radius 3 is 2.72 bits per heavy atom. The number of amides is 1. The SMILES string of the molecule is CCC(C)NC(=O)C(C)Sc1nnc(-c2ccc(OC)cc2)n1CC1CCCO1. The average molecular weight is 419 g/mol. The van der Waals surface area contributed by atoms with E-state index in [0.29, 0.717) is 6.54 Å². The summed E-state index contributed by atoms with van der Waals surface area (Å²) in [4.78, 5) is 12.5. The van der Waals surface area contributed by atoms with Gasteiger partial charge in [-0.15, -0.1) is 10.2 Å². The van der Waals surface area contributed by atoms with Gasteiger partial charge in [0.05, 0.1) is 25.0 Å². The van der Waals surface area contributed by atoms with Crippen LogP contribution in [0.5, 0.6) is 5.75 Å². The Hall–Kier alpha value is -2.06. The standard InChI is InChI=1S/C21H30N4O3S/c1-5-14(2)22-20(26)15(3)29-21-24-23-19(16-8-10-17(27-4)11-9-16)25(21)13-18-7-6-12-28-18/h8-11,14-15,18H,5-7,12-13H2,1-4H3,(H,22,26). The van der Waals surface area contributed by atoms with Gasteiger partial charge in [-0.2, -0.15) is 0 Å². The molecule has 8 heteroatoms. The molecule has 0 saturated carbocycles. The predicted molar refractivity (Wildman–Crippen MR) is 114 cm³/mol. The van der Waals surface area contributed by atoms with E-state index in [2.05, 4.69) is 27.0 Å². The van der Waals surface area contributed by atoms with Crippen molar-refractivity contribution in [2.24, 2.45) is 0 Å². The number of thioether (sulfide) groups is 1. The molecular weight excluding hydrogens is 388 g/mol. The fraction of sp³-hybridized carbons (Fsp3) is 0.571. The lowest BCUT2D eigenvalue weighted by molar-refractivity contribution is -0.120. The van der Waals surface area contributed by atoms with Crippen LogP contribution in [0.2, 0.25) is 0 Å². The van der Waals surface area contributed by atoms with Crippen molar-refractivity contribution in [3.8, 4) is 17.1 Å². The molecule has 1 N–H and O–H groups in total. The van der Waals surface area contributed by atoms with Crippen molar-refractivity contribution >= 4 is 17.7 Å². The Bertz CT molecular complexity index is 803. The number of hydrogen-bond donors (Lipinski definition) is 1. The Morgan fingerprint density at radius 1 is 1.34 bits per heavy atom. The van der Waals surface area contributed by atoms with Crippen molar-refractivity contribution in [3.05, 3.63) is 24.3 Å². The van der Waals surface area contributed by atoms with E-state index in [9.17, 15) is 4.79 Å². The van der Waals surface area contributed by atoms with Gasteiger partial charge in [0.15, 0.2) is 11.0 Å². The van der Waals surface area contributed by atoms with Crippen LogP contribution in [0.1, 0.15) is 40.0 Å². The lowest BCUT2D eigenvalue weighted by atomic mass is 10.2. The maximum Gasteiger partial charge on any atom is 0.233 e. The largest absolute Gasteiger partial charge is 0.497 e. The van der Waals surface area contributed by atoms with Gasteiger partial charge in [-0.05, 0) is 57.4 Å². The summed E-state index contributed by atoms with van der Waals surface area (Å²) in [5, 5.41) is 12.4. The summed E-state index contributed by atoms with van der Waals surface area (Å²) in [7, 11) is 1.65. The third kappa shape index (κ3) is 5.51. The molecule has 1 fully saturated rings. The summed E-state index contributed by atoms with van der Waals surface area (Å²) in [5.74, 6) is 1.59. The van der Waals surface area contributed by atoms with E-state index in [1.54, 1.807) is 7.11 Å². The molecule has 1 aromatic heterocycles. The molecule has 1 saturated heterocycles. The molecule has 2 heterocycles. The number of methoxy groups -OCH3 is 1. The first-order chi connectivity index (χ1) is 14.0. The maximum absolute atomic E-state index is 12.5. The Kier molecular flexibility index (Phi) is 7.55. The van der Waals surface area contributed by atoms with Gasteiger partial charge in [0.25, 0.3) is 0 Å². The molecule has 158 valence electrons. The molecular formula is C21H30N4O3S. The Morgan fingerprint density at radius 2 is 2.10 bits per heavy atom. The zero-order valence-corrected chi connectivity index (χ0v) is 18.4. The van der Waals surface area contributed by atoms with Gasteiger partial charge in [0.2, 0.25) is 5.91 Å². The molecule has 3 rings (SSSR count). The van der Waals surface area contributed by atoms with Crippen LogP contribution in [0.15, 0.2) is 29.4 Å². The molecule has 1 aliphatic heterocycles. The van der Waals surface area contributed by atoms with Crippen LogP contribution in [-0.2, 0) is 16.1 Å². The average Bonchev–Trinajstić information content (AvgIpc) is 3.38. The number of rotatable bonds is 9.